The Morgan fingerprint density at radius 3 is 2.80 bits per heavy atom. The van der Waals surface area contributed by atoms with Crippen LogP contribution in [0.25, 0.3) is 0 Å². The third-order valence-corrected chi connectivity index (χ3v) is 4.98. The molecule has 1 aromatic carbocycles. The highest BCUT2D eigenvalue weighted by molar-refractivity contribution is 7.13. The number of likely N-dealkylation sites (tertiary alicyclic amines) is 1. The van der Waals surface area contributed by atoms with E-state index in [9.17, 15) is 14.9 Å². The van der Waals surface area contributed by atoms with Crippen LogP contribution < -0.4 is 5.32 Å². The van der Waals surface area contributed by atoms with Crippen molar-refractivity contribution in [1.82, 2.24) is 9.88 Å². The van der Waals surface area contributed by atoms with E-state index < -0.39 is 4.92 Å². The number of aromatic nitrogens is 1. The predicted octanol–water partition coefficient (Wildman–Crippen LogP) is 3.22. The van der Waals surface area contributed by atoms with E-state index in [1.54, 1.807) is 18.2 Å². The second-order valence-corrected chi connectivity index (χ2v) is 6.95. The Kier molecular flexibility index (Phi) is 5.72. The molecular weight excluding hydrogens is 340 g/mol. The molecule has 0 aliphatic carbocycles. The summed E-state index contributed by atoms with van der Waals surface area (Å²) in [6, 6.07) is 6.28. The Balaban J connectivity index is 1.57. The van der Waals surface area contributed by atoms with Crippen molar-refractivity contribution in [3.63, 3.8) is 0 Å². The lowest BCUT2D eigenvalue weighted by Crippen LogP contribution is -2.29. The summed E-state index contributed by atoms with van der Waals surface area (Å²) < 4.78 is 0. The first kappa shape index (κ1) is 17.5. The summed E-state index contributed by atoms with van der Waals surface area (Å²) in [4.78, 5) is 29.5. The van der Waals surface area contributed by atoms with Gasteiger partial charge >= 0.3 is 0 Å². The number of rotatable bonds is 6. The Morgan fingerprint density at radius 2 is 2.04 bits per heavy atom. The molecule has 0 unspecified atom stereocenters. The fraction of sp³-hybridized carbons (Fsp3) is 0.412. The van der Waals surface area contributed by atoms with Gasteiger partial charge in [0.05, 0.1) is 17.0 Å². The van der Waals surface area contributed by atoms with Crippen LogP contribution in [-0.2, 0) is 17.8 Å². The summed E-state index contributed by atoms with van der Waals surface area (Å²) in [5, 5.41) is 16.2. The minimum absolute atomic E-state index is 0.0393. The molecule has 1 fully saturated rings. The minimum atomic E-state index is -0.470. The van der Waals surface area contributed by atoms with Crippen LogP contribution in [0.5, 0.6) is 0 Å². The number of amides is 1. The van der Waals surface area contributed by atoms with E-state index >= 15 is 0 Å². The molecule has 25 heavy (non-hydrogen) atoms. The molecule has 0 spiro atoms. The van der Waals surface area contributed by atoms with Crippen molar-refractivity contribution in [2.24, 2.45) is 0 Å². The van der Waals surface area contributed by atoms with Crippen LogP contribution in [0.3, 0.4) is 0 Å². The first-order valence-corrected chi connectivity index (χ1v) is 9.18. The van der Waals surface area contributed by atoms with Crippen LogP contribution in [0.4, 0.5) is 10.8 Å². The van der Waals surface area contributed by atoms with Gasteiger partial charge in [-0.3, -0.25) is 19.8 Å². The molecule has 1 N–H and O–H groups in total. The first-order chi connectivity index (χ1) is 12.1. The SMILES string of the molecule is O=C(Cc1ccccc1[N+](=O)[O-])Nc1nc(CN2CCCCC2)cs1. The van der Waals surface area contributed by atoms with Gasteiger partial charge in [-0.25, -0.2) is 4.98 Å². The van der Waals surface area contributed by atoms with Crippen LogP contribution >= 0.6 is 11.3 Å². The lowest BCUT2D eigenvalue weighted by molar-refractivity contribution is -0.385. The van der Waals surface area contributed by atoms with Gasteiger partial charge < -0.3 is 5.32 Å². The number of anilines is 1. The number of nitrogens with zero attached hydrogens (tertiary/aromatic N) is 3. The molecule has 132 valence electrons. The van der Waals surface area contributed by atoms with Gasteiger partial charge in [0.15, 0.2) is 5.13 Å². The molecule has 7 nitrogen and oxygen atoms in total. The zero-order chi connectivity index (χ0) is 17.6. The molecule has 0 atom stereocenters. The van der Waals surface area contributed by atoms with Gasteiger partial charge in [0.2, 0.25) is 5.91 Å². The standard InChI is InChI=1S/C17H20N4O3S/c22-16(10-13-6-2-3-7-15(13)21(23)24)19-17-18-14(12-25-17)11-20-8-4-1-5-9-20/h2-3,6-7,12H,1,4-5,8-11H2,(H,18,19,22). The van der Waals surface area contributed by atoms with Crippen LogP contribution in [0.2, 0.25) is 0 Å². The van der Waals surface area contributed by atoms with E-state index in [4.69, 9.17) is 0 Å². The predicted molar refractivity (Wildman–Crippen MR) is 96.7 cm³/mol. The normalized spacial score (nSPS) is 15.0. The average Bonchev–Trinajstić information content (AvgIpc) is 3.02. The maximum atomic E-state index is 12.2. The highest BCUT2D eigenvalue weighted by atomic mass is 32.1. The number of nitro benzene ring substituents is 1. The van der Waals surface area contributed by atoms with Gasteiger partial charge in [-0.1, -0.05) is 24.6 Å². The van der Waals surface area contributed by atoms with Gasteiger partial charge in [-0.15, -0.1) is 11.3 Å². The Hall–Kier alpha value is -2.32. The van der Waals surface area contributed by atoms with E-state index in [1.165, 1.54) is 36.7 Å². The zero-order valence-corrected chi connectivity index (χ0v) is 14.6. The number of nitrogens with one attached hydrogen (secondary N) is 1. The maximum Gasteiger partial charge on any atom is 0.273 e. The smallest absolute Gasteiger partial charge is 0.273 e. The summed E-state index contributed by atoms with van der Waals surface area (Å²) in [5.41, 5.74) is 1.31. The van der Waals surface area contributed by atoms with E-state index in [0.717, 1.165) is 25.3 Å². The first-order valence-electron chi connectivity index (χ1n) is 8.31. The Labute approximate surface area is 149 Å². The third kappa shape index (κ3) is 4.83. The molecule has 1 amide bonds. The van der Waals surface area contributed by atoms with Crippen molar-refractivity contribution in [2.75, 3.05) is 18.4 Å². The molecular formula is C17H20N4O3S. The summed E-state index contributed by atoms with van der Waals surface area (Å²) >= 11 is 1.38. The van der Waals surface area contributed by atoms with E-state index in [2.05, 4.69) is 15.2 Å². The molecule has 1 aliphatic heterocycles. The highest BCUT2D eigenvalue weighted by Gasteiger charge is 2.17. The van der Waals surface area contributed by atoms with Gasteiger partial charge in [0.25, 0.3) is 5.69 Å². The number of hydrogen-bond acceptors (Lipinski definition) is 6. The number of carbonyl (C=O) groups is 1. The summed E-state index contributed by atoms with van der Waals surface area (Å²) in [6.07, 6.45) is 3.70. The number of nitro groups is 1. The second-order valence-electron chi connectivity index (χ2n) is 6.09. The summed E-state index contributed by atoms with van der Waals surface area (Å²) in [7, 11) is 0. The van der Waals surface area contributed by atoms with Crippen LogP contribution in [0.1, 0.15) is 30.5 Å². The molecule has 8 heteroatoms. The molecule has 1 aromatic heterocycles. The van der Waals surface area contributed by atoms with Gasteiger partial charge in [0, 0.05) is 23.6 Å². The van der Waals surface area contributed by atoms with Crippen molar-refractivity contribution in [2.45, 2.75) is 32.2 Å². The van der Waals surface area contributed by atoms with Gasteiger partial charge in [-0.05, 0) is 25.9 Å². The minimum Gasteiger partial charge on any atom is -0.302 e. The largest absolute Gasteiger partial charge is 0.302 e. The number of benzene rings is 1. The highest BCUT2D eigenvalue weighted by Crippen LogP contribution is 2.21. The third-order valence-electron chi connectivity index (χ3n) is 4.17. The topological polar surface area (TPSA) is 88.4 Å². The summed E-state index contributed by atoms with van der Waals surface area (Å²) in [5.74, 6) is -0.298. The number of piperidine rings is 1. The number of para-hydroxylation sites is 1. The van der Waals surface area contributed by atoms with Crippen molar-refractivity contribution < 1.29 is 9.72 Å². The van der Waals surface area contributed by atoms with E-state index in [0.29, 0.717) is 10.7 Å². The van der Waals surface area contributed by atoms with Gasteiger partial charge in [0.1, 0.15) is 0 Å². The maximum absolute atomic E-state index is 12.2. The van der Waals surface area contributed by atoms with Crippen molar-refractivity contribution in [3.05, 3.63) is 51.0 Å². The van der Waals surface area contributed by atoms with Crippen molar-refractivity contribution in [1.29, 1.82) is 0 Å². The fourth-order valence-corrected chi connectivity index (χ4v) is 3.68. The molecule has 0 saturated carbocycles. The van der Waals surface area contributed by atoms with E-state index in [1.807, 2.05) is 5.38 Å². The monoisotopic (exact) mass is 360 g/mol. The molecule has 0 bridgehead atoms. The lowest BCUT2D eigenvalue weighted by atomic mass is 10.1. The Bertz CT molecular complexity index is 756. The molecule has 2 heterocycles. The molecule has 1 aliphatic rings. The zero-order valence-electron chi connectivity index (χ0n) is 13.8. The number of hydrogen-bond donors (Lipinski definition) is 1. The average molecular weight is 360 g/mol. The van der Waals surface area contributed by atoms with Crippen molar-refractivity contribution in [3.8, 4) is 0 Å². The van der Waals surface area contributed by atoms with Crippen molar-refractivity contribution >= 4 is 28.1 Å². The van der Waals surface area contributed by atoms with Crippen LogP contribution in [0, 0.1) is 10.1 Å². The molecule has 0 radical (unpaired) electrons. The Morgan fingerprint density at radius 1 is 1.28 bits per heavy atom. The van der Waals surface area contributed by atoms with Crippen LogP contribution in [0.15, 0.2) is 29.6 Å². The molecule has 1 saturated heterocycles. The van der Waals surface area contributed by atoms with Crippen LogP contribution in [-0.4, -0.2) is 33.8 Å². The lowest BCUT2D eigenvalue weighted by Gasteiger charge is -2.25. The van der Waals surface area contributed by atoms with Gasteiger partial charge in [-0.2, -0.15) is 0 Å². The quantitative estimate of drug-likeness (QED) is 0.631. The number of thiazole rings is 1. The number of carbonyl (C=O) groups excluding carboxylic acids is 1. The molecule has 3 rings (SSSR count). The fourth-order valence-electron chi connectivity index (χ4n) is 2.96. The van der Waals surface area contributed by atoms with E-state index in [-0.39, 0.29) is 18.0 Å². The molecule has 2 aromatic rings. The second kappa shape index (κ2) is 8.17. The summed E-state index contributed by atoms with van der Waals surface area (Å²) in [6.45, 7) is 2.99.